The Morgan fingerprint density at radius 2 is 1.63 bits per heavy atom. The Labute approximate surface area is 176 Å². The highest BCUT2D eigenvalue weighted by Crippen LogP contribution is 2.20. The van der Waals surface area contributed by atoms with E-state index in [0.717, 1.165) is 23.3 Å². The number of nitrogens with zero attached hydrogens (tertiary/aromatic N) is 1. The minimum Gasteiger partial charge on any atom is -0.490 e. The molecule has 0 bridgehead atoms. The van der Waals surface area contributed by atoms with Gasteiger partial charge in [-0.25, -0.2) is 0 Å². The van der Waals surface area contributed by atoms with Crippen molar-refractivity contribution in [3.63, 3.8) is 0 Å². The lowest BCUT2D eigenvalue weighted by Gasteiger charge is -2.08. The zero-order valence-electron chi connectivity index (χ0n) is 17.0. The zero-order chi connectivity index (χ0) is 21.2. The van der Waals surface area contributed by atoms with Crippen LogP contribution < -0.4 is 4.74 Å². The van der Waals surface area contributed by atoms with E-state index >= 15 is 0 Å². The van der Waals surface area contributed by atoms with E-state index in [9.17, 15) is 4.79 Å². The lowest BCUT2D eigenvalue weighted by atomic mass is 10.0. The zero-order valence-corrected chi connectivity index (χ0v) is 17.0. The second-order valence-corrected chi connectivity index (χ2v) is 6.73. The molecule has 0 radical (unpaired) electrons. The smallest absolute Gasteiger partial charge is 0.307 e. The number of rotatable bonds is 10. The van der Waals surface area contributed by atoms with Gasteiger partial charge in [-0.1, -0.05) is 78.8 Å². The number of carboxylic acids is 1. The first kappa shape index (κ1) is 21.1. The monoisotopic (exact) mass is 403 g/mol. The summed E-state index contributed by atoms with van der Waals surface area (Å²) in [6.07, 6.45) is 0.726. The SMILES string of the molecule is CCC(=NOCCOc1cccc(CC(=O)O)c1)c1ccc(-c2ccccc2)cc1. The van der Waals surface area contributed by atoms with Gasteiger partial charge in [0.05, 0.1) is 12.1 Å². The molecular weight excluding hydrogens is 378 g/mol. The summed E-state index contributed by atoms with van der Waals surface area (Å²) in [7, 11) is 0. The van der Waals surface area contributed by atoms with Crippen LogP contribution in [0.25, 0.3) is 11.1 Å². The Kier molecular flexibility index (Phi) is 7.61. The number of carboxylic acid groups (broad SMARTS) is 1. The third kappa shape index (κ3) is 6.21. The molecule has 154 valence electrons. The van der Waals surface area contributed by atoms with Crippen molar-refractivity contribution in [2.75, 3.05) is 13.2 Å². The molecule has 0 saturated carbocycles. The van der Waals surface area contributed by atoms with Gasteiger partial charge in [-0.3, -0.25) is 4.79 Å². The molecule has 0 unspecified atom stereocenters. The quantitative estimate of drug-likeness (QED) is 0.287. The van der Waals surface area contributed by atoms with Crippen molar-refractivity contribution in [2.24, 2.45) is 5.16 Å². The maximum Gasteiger partial charge on any atom is 0.307 e. The highest BCUT2D eigenvalue weighted by atomic mass is 16.6. The van der Waals surface area contributed by atoms with Gasteiger partial charge in [0.1, 0.15) is 12.4 Å². The first-order chi connectivity index (χ1) is 14.7. The fraction of sp³-hybridized carbons (Fsp3) is 0.200. The van der Waals surface area contributed by atoms with Gasteiger partial charge in [-0.2, -0.15) is 0 Å². The van der Waals surface area contributed by atoms with E-state index in [0.29, 0.717) is 24.5 Å². The summed E-state index contributed by atoms with van der Waals surface area (Å²) in [6.45, 7) is 2.66. The number of carbonyl (C=O) groups is 1. The molecule has 0 spiro atoms. The maximum atomic E-state index is 10.8. The molecule has 5 heteroatoms. The lowest BCUT2D eigenvalue weighted by molar-refractivity contribution is -0.136. The van der Waals surface area contributed by atoms with E-state index in [1.807, 2.05) is 25.1 Å². The molecular formula is C25H25NO4. The summed E-state index contributed by atoms with van der Waals surface area (Å²) in [6, 6.07) is 25.6. The lowest BCUT2D eigenvalue weighted by Crippen LogP contribution is -2.07. The first-order valence-corrected chi connectivity index (χ1v) is 9.94. The summed E-state index contributed by atoms with van der Waals surface area (Å²) in [5, 5.41) is 13.1. The predicted molar refractivity (Wildman–Crippen MR) is 118 cm³/mol. The molecule has 0 saturated heterocycles. The van der Waals surface area contributed by atoms with Crippen molar-refractivity contribution >= 4 is 11.7 Å². The molecule has 1 N–H and O–H groups in total. The van der Waals surface area contributed by atoms with Crippen LogP contribution in [0.1, 0.15) is 24.5 Å². The standard InChI is InChI=1S/C25H25NO4/c1-2-24(22-13-11-21(12-14-22)20-8-4-3-5-9-20)26-30-16-15-29-23-10-6-7-19(17-23)18-25(27)28/h3-14,17H,2,15-16,18H2,1H3,(H,27,28). The van der Waals surface area contributed by atoms with Crippen molar-refractivity contribution < 1.29 is 19.5 Å². The minimum atomic E-state index is -0.867. The predicted octanol–water partition coefficient (Wildman–Crippen LogP) is 5.19. The van der Waals surface area contributed by atoms with Crippen LogP contribution in [0.5, 0.6) is 5.75 Å². The van der Waals surface area contributed by atoms with E-state index in [2.05, 4.69) is 41.6 Å². The Hall–Kier alpha value is -3.60. The van der Waals surface area contributed by atoms with Gasteiger partial charge >= 0.3 is 5.97 Å². The Morgan fingerprint density at radius 3 is 2.33 bits per heavy atom. The molecule has 3 aromatic carbocycles. The highest BCUT2D eigenvalue weighted by Gasteiger charge is 2.05. The number of benzene rings is 3. The van der Waals surface area contributed by atoms with Crippen molar-refractivity contribution in [3.05, 3.63) is 90.0 Å². The topological polar surface area (TPSA) is 68.1 Å². The molecule has 0 fully saturated rings. The molecule has 30 heavy (non-hydrogen) atoms. The fourth-order valence-electron chi connectivity index (χ4n) is 3.05. The molecule has 0 atom stereocenters. The van der Waals surface area contributed by atoms with Crippen molar-refractivity contribution in [1.82, 2.24) is 0 Å². The van der Waals surface area contributed by atoms with Gasteiger partial charge in [0.2, 0.25) is 0 Å². The number of hydrogen-bond acceptors (Lipinski definition) is 4. The highest BCUT2D eigenvalue weighted by molar-refractivity contribution is 6.00. The van der Waals surface area contributed by atoms with Crippen LogP contribution in [0, 0.1) is 0 Å². The first-order valence-electron chi connectivity index (χ1n) is 9.94. The fourth-order valence-corrected chi connectivity index (χ4v) is 3.05. The van der Waals surface area contributed by atoms with Gasteiger partial charge in [0, 0.05) is 0 Å². The molecule has 0 aliphatic carbocycles. The number of oxime groups is 1. The average Bonchev–Trinajstić information content (AvgIpc) is 2.77. The van der Waals surface area contributed by atoms with E-state index in [-0.39, 0.29) is 6.42 Å². The Morgan fingerprint density at radius 1 is 0.900 bits per heavy atom. The third-order valence-electron chi connectivity index (χ3n) is 4.53. The molecule has 0 amide bonds. The Bertz CT molecular complexity index is 982. The number of ether oxygens (including phenoxy) is 1. The largest absolute Gasteiger partial charge is 0.490 e. The van der Waals surface area contributed by atoms with E-state index in [4.69, 9.17) is 14.7 Å². The summed E-state index contributed by atoms with van der Waals surface area (Å²) >= 11 is 0. The van der Waals surface area contributed by atoms with Gasteiger partial charge in [0.15, 0.2) is 6.61 Å². The molecule has 0 aromatic heterocycles. The summed E-state index contributed by atoms with van der Waals surface area (Å²) < 4.78 is 5.63. The normalized spacial score (nSPS) is 11.2. The second kappa shape index (κ2) is 10.8. The minimum absolute atomic E-state index is 0.0269. The maximum absolute atomic E-state index is 10.8. The molecule has 3 rings (SSSR count). The molecule has 0 aliphatic heterocycles. The molecule has 0 aliphatic rings. The van der Waals surface area contributed by atoms with E-state index in [1.165, 1.54) is 5.56 Å². The third-order valence-corrected chi connectivity index (χ3v) is 4.53. The van der Waals surface area contributed by atoms with Crippen LogP contribution in [-0.4, -0.2) is 30.0 Å². The van der Waals surface area contributed by atoms with Gasteiger partial charge in [0.25, 0.3) is 0 Å². The second-order valence-electron chi connectivity index (χ2n) is 6.73. The van der Waals surface area contributed by atoms with Gasteiger partial charge in [-0.15, -0.1) is 0 Å². The van der Waals surface area contributed by atoms with E-state index in [1.54, 1.807) is 24.3 Å². The van der Waals surface area contributed by atoms with Crippen LogP contribution >= 0.6 is 0 Å². The number of hydrogen-bond donors (Lipinski definition) is 1. The van der Waals surface area contributed by atoms with Crippen LogP contribution in [0.4, 0.5) is 0 Å². The van der Waals surface area contributed by atoms with Crippen LogP contribution in [0.2, 0.25) is 0 Å². The van der Waals surface area contributed by atoms with E-state index < -0.39 is 5.97 Å². The van der Waals surface area contributed by atoms with Crippen molar-refractivity contribution in [2.45, 2.75) is 19.8 Å². The van der Waals surface area contributed by atoms with Crippen molar-refractivity contribution in [3.8, 4) is 16.9 Å². The average molecular weight is 403 g/mol. The molecule has 0 heterocycles. The van der Waals surface area contributed by atoms with Crippen molar-refractivity contribution in [1.29, 1.82) is 0 Å². The summed E-state index contributed by atoms with van der Waals surface area (Å²) in [4.78, 5) is 16.2. The van der Waals surface area contributed by atoms with Crippen LogP contribution in [-0.2, 0) is 16.1 Å². The van der Waals surface area contributed by atoms with Crippen LogP contribution in [0.15, 0.2) is 84.0 Å². The van der Waals surface area contributed by atoms with Gasteiger partial charge in [-0.05, 0) is 40.8 Å². The van der Waals surface area contributed by atoms with Crippen LogP contribution in [0.3, 0.4) is 0 Å². The molecule has 5 nitrogen and oxygen atoms in total. The number of aliphatic carboxylic acids is 1. The Balaban J connectivity index is 1.52. The summed E-state index contributed by atoms with van der Waals surface area (Å²) in [5.41, 5.74) is 4.94. The summed E-state index contributed by atoms with van der Waals surface area (Å²) in [5.74, 6) is -0.248. The molecule has 3 aromatic rings. The van der Waals surface area contributed by atoms with Gasteiger partial charge < -0.3 is 14.7 Å².